The summed E-state index contributed by atoms with van der Waals surface area (Å²) in [5.41, 5.74) is 0.882. The van der Waals surface area contributed by atoms with Crippen molar-refractivity contribution >= 4 is 97.8 Å². The van der Waals surface area contributed by atoms with E-state index < -0.39 is 61.8 Å². The minimum atomic E-state index is -4.88. The number of hydrogen-bond donors (Lipinski definition) is 5. The van der Waals surface area contributed by atoms with Crippen LogP contribution >= 0.6 is 23.5 Å². The predicted molar refractivity (Wildman–Crippen MR) is 192 cm³/mol. The molecule has 0 aliphatic carbocycles. The number of thioether (sulfide) groups is 2. The van der Waals surface area contributed by atoms with Crippen LogP contribution in [0.2, 0.25) is 0 Å². The van der Waals surface area contributed by atoms with E-state index in [4.69, 9.17) is 13.8 Å². The molecule has 1 heterocycles. The number of aryl methyl sites for hydroxylation is 1. The number of benzene rings is 3. The van der Waals surface area contributed by atoms with Gasteiger partial charge in [-0.3, -0.25) is 18.2 Å². The lowest BCUT2D eigenvalue weighted by Crippen LogP contribution is -2.07. The maximum absolute atomic E-state index is 12.2. The predicted octanol–water partition coefficient (Wildman–Crippen LogP) is 4.73. The molecule has 19 nitrogen and oxygen atoms in total. The fraction of sp³-hybridized carbons (Fsp3) is 0.296. The Labute approximate surface area is 307 Å². The number of fused-ring (bicyclic) bond motifs is 1. The van der Waals surface area contributed by atoms with Crippen molar-refractivity contribution in [3.63, 3.8) is 0 Å². The van der Waals surface area contributed by atoms with Gasteiger partial charge in [-0.1, -0.05) is 35.7 Å². The van der Waals surface area contributed by atoms with E-state index in [1.165, 1.54) is 31.4 Å². The number of aromatic nitrogens is 3. The molecule has 4 aromatic rings. The molecule has 0 amide bonds. The van der Waals surface area contributed by atoms with Crippen LogP contribution < -0.4 is 10.1 Å². The van der Waals surface area contributed by atoms with Gasteiger partial charge in [-0.15, -0.1) is 0 Å². The fourth-order valence-corrected chi connectivity index (χ4v) is 8.83. The van der Waals surface area contributed by atoms with Crippen molar-refractivity contribution in [2.24, 2.45) is 10.2 Å². The van der Waals surface area contributed by atoms with Crippen LogP contribution in [0.4, 0.5) is 23.0 Å². The summed E-state index contributed by atoms with van der Waals surface area (Å²) in [4.78, 5) is 11.7. The highest BCUT2D eigenvalue weighted by molar-refractivity contribution is 7.99. The third-order valence-corrected chi connectivity index (χ3v) is 11.9. The minimum Gasteiger partial charge on any atom is -0.494 e. The first kappa shape index (κ1) is 41.2. The van der Waals surface area contributed by atoms with E-state index in [0.29, 0.717) is 11.3 Å². The first-order valence-electron chi connectivity index (χ1n) is 14.4. The summed E-state index contributed by atoms with van der Waals surface area (Å²) < 4.78 is 136. The van der Waals surface area contributed by atoms with Crippen LogP contribution in [0.1, 0.15) is 18.4 Å². The van der Waals surface area contributed by atoms with Gasteiger partial charge in [0.05, 0.1) is 35.7 Å². The average Bonchev–Trinajstić information content (AvgIpc) is 3.02. The Morgan fingerprint density at radius 2 is 1.31 bits per heavy atom. The lowest BCUT2D eigenvalue weighted by Gasteiger charge is -2.13. The molecule has 0 spiro atoms. The second-order valence-electron chi connectivity index (χ2n) is 10.6. The van der Waals surface area contributed by atoms with Crippen LogP contribution in [0, 0.1) is 6.92 Å². The van der Waals surface area contributed by atoms with Crippen molar-refractivity contribution in [3.8, 4) is 5.75 Å². The molecular formula is C27H30N6O13S6. The highest BCUT2D eigenvalue weighted by atomic mass is 32.2. The monoisotopic (exact) mass is 838 g/mol. The topological polar surface area (TPSA) is 302 Å². The number of rotatable bonds is 17. The number of nitrogens with one attached hydrogen (secondary N) is 1. The van der Waals surface area contributed by atoms with Crippen LogP contribution in [0.25, 0.3) is 10.8 Å². The second-order valence-corrected chi connectivity index (χ2v) is 18.7. The molecule has 282 valence electrons. The molecule has 25 heteroatoms. The smallest absolute Gasteiger partial charge is 0.295 e. The number of ether oxygens (including phenoxy) is 1. The summed E-state index contributed by atoms with van der Waals surface area (Å²) in [6, 6.07) is 8.72. The van der Waals surface area contributed by atoms with E-state index in [-0.39, 0.29) is 68.5 Å². The van der Waals surface area contributed by atoms with E-state index in [9.17, 15) is 42.8 Å². The van der Waals surface area contributed by atoms with E-state index in [0.717, 1.165) is 35.7 Å². The van der Waals surface area contributed by atoms with Crippen molar-refractivity contribution in [2.45, 2.75) is 39.9 Å². The van der Waals surface area contributed by atoms with Crippen LogP contribution in [0.5, 0.6) is 5.75 Å². The molecule has 0 fully saturated rings. The second kappa shape index (κ2) is 16.6. The molecule has 0 saturated carbocycles. The Balaban J connectivity index is 1.66. The first-order chi connectivity index (χ1) is 24.1. The highest BCUT2D eigenvalue weighted by Gasteiger charge is 2.21. The fourth-order valence-electron chi connectivity index (χ4n) is 4.42. The van der Waals surface area contributed by atoms with Gasteiger partial charge in [0.25, 0.3) is 40.5 Å². The van der Waals surface area contributed by atoms with E-state index in [1.54, 1.807) is 13.0 Å². The van der Waals surface area contributed by atoms with Crippen molar-refractivity contribution in [1.29, 1.82) is 0 Å². The number of methoxy groups -OCH3 is 1. The van der Waals surface area contributed by atoms with Gasteiger partial charge in [0.15, 0.2) is 10.3 Å². The van der Waals surface area contributed by atoms with Crippen LogP contribution in [-0.4, -0.2) is 97.0 Å². The van der Waals surface area contributed by atoms with Gasteiger partial charge in [-0.2, -0.15) is 58.9 Å². The number of hydrogen-bond acceptors (Lipinski definition) is 17. The van der Waals surface area contributed by atoms with Crippen LogP contribution in [-0.2, 0) is 40.5 Å². The van der Waals surface area contributed by atoms with Gasteiger partial charge in [0, 0.05) is 28.3 Å². The van der Waals surface area contributed by atoms with Crippen molar-refractivity contribution in [2.75, 3.05) is 35.4 Å². The van der Waals surface area contributed by atoms with Crippen molar-refractivity contribution < 1.29 is 56.6 Å². The van der Waals surface area contributed by atoms with Crippen LogP contribution in [0.15, 0.2) is 72.8 Å². The van der Waals surface area contributed by atoms with E-state index in [1.807, 2.05) is 0 Å². The van der Waals surface area contributed by atoms with Gasteiger partial charge >= 0.3 is 0 Å². The molecule has 0 unspecified atom stereocenters. The van der Waals surface area contributed by atoms with Gasteiger partial charge in [-0.05, 0) is 49.6 Å². The normalized spacial score (nSPS) is 12.8. The average molecular weight is 839 g/mol. The highest BCUT2D eigenvalue weighted by Crippen LogP contribution is 2.37. The van der Waals surface area contributed by atoms with E-state index >= 15 is 0 Å². The molecule has 0 saturated heterocycles. The number of nitrogens with zero attached hydrogens (tertiary/aromatic N) is 5. The third-order valence-electron chi connectivity index (χ3n) is 6.65. The maximum atomic E-state index is 12.2. The number of azo groups is 1. The summed E-state index contributed by atoms with van der Waals surface area (Å²) >= 11 is 2.16. The van der Waals surface area contributed by atoms with Gasteiger partial charge < -0.3 is 10.1 Å². The maximum Gasteiger partial charge on any atom is 0.295 e. The Bertz CT molecular complexity index is 2410. The SMILES string of the molecule is COc1cc(N=Nc2cc(S(=O)(=O)O)c3cccc(S(=O)(=O)O)c3c2)c(C)cc1Nc1nc(SCCCS(=O)(=O)O)nc(SCCCS(=O)(=O)O)n1. The minimum absolute atomic E-state index is 0.0279. The molecule has 1 aromatic heterocycles. The molecule has 5 N–H and O–H groups in total. The zero-order chi connectivity index (χ0) is 38.5. The molecule has 3 aromatic carbocycles. The summed E-state index contributed by atoms with van der Waals surface area (Å²) in [7, 11) is -16.7. The van der Waals surface area contributed by atoms with Gasteiger partial charge in [0.2, 0.25) is 5.95 Å². The molecule has 52 heavy (non-hydrogen) atoms. The van der Waals surface area contributed by atoms with Crippen LogP contribution in [0.3, 0.4) is 0 Å². The molecular weight excluding hydrogens is 809 g/mol. The van der Waals surface area contributed by atoms with Crippen molar-refractivity contribution in [1.82, 2.24) is 15.0 Å². The molecule has 0 radical (unpaired) electrons. The summed E-state index contributed by atoms with van der Waals surface area (Å²) in [6.45, 7) is 1.65. The van der Waals surface area contributed by atoms with Crippen molar-refractivity contribution in [3.05, 3.63) is 48.0 Å². The summed E-state index contributed by atoms with van der Waals surface area (Å²) in [5, 5.41) is 11.2. The van der Waals surface area contributed by atoms with Gasteiger partial charge in [0.1, 0.15) is 15.5 Å². The standard InChI is InChI=1S/C27H30N6O13S6/c1-16-12-21(28-25-29-26(47-8-4-10-49(34,35)36)31-27(30-25)48-9-5-11-50(37,38)39)22(46-2)15-20(16)33-32-17-13-19-18(24(14-17)52(43,44)45)6-3-7-23(19)51(40,41)42/h3,6-7,12-15H,4-5,8-11H2,1-2H3,(H,34,35,36)(H,37,38,39)(H,40,41,42)(H,43,44,45)(H,28,29,30,31). The zero-order valence-electron chi connectivity index (χ0n) is 26.9. The third kappa shape index (κ3) is 12.0. The molecule has 0 bridgehead atoms. The lowest BCUT2D eigenvalue weighted by atomic mass is 10.1. The molecule has 0 aliphatic rings. The Kier molecular flexibility index (Phi) is 13.2. The van der Waals surface area contributed by atoms with E-state index in [2.05, 4.69) is 30.5 Å². The lowest BCUT2D eigenvalue weighted by molar-refractivity contribution is 0.417. The Hall–Kier alpha value is -3.53. The summed E-state index contributed by atoms with van der Waals surface area (Å²) in [6.07, 6.45) is 0.186. The van der Waals surface area contributed by atoms with Gasteiger partial charge in [-0.25, -0.2) is 0 Å². The zero-order valence-corrected chi connectivity index (χ0v) is 31.8. The summed E-state index contributed by atoms with van der Waals surface area (Å²) in [5.74, 6) is -0.268. The Morgan fingerprint density at radius 1 is 0.731 bits per heavy atom. The first-order valence-corrected chi connectivity index (χ1v) is 22.5. The molecule has 0 aliphatic heterocycles. The number of anilines is 2. The molecule has 4 rings (SSSR count). The Morgan fingerprint density at radius 3 is 1.83 bits per heavy atom. The molecule has 0 atom stereocenters. The largest absolute Gasteiger partial charge is 0.494 e. The quantitative estimate of drug-likeness (QED) is 0.0415.